The SMILES string of the molecule is CCN(CCNC(=O)C1(N)CC1)C(C)C.Cl.Cl. The number of nitrogens with two attached hydrogens (primary N) is 1. The molecule has 17 heavy (non-hydrogen) atoms. The summed E-state index contributed by atoms with van der Waals surface area (Å²) in [6.07, 6.45) is 1.67. The van der Waals surface area contributed by atoms with E-state index in [-0.39, 0.29) is 30.7 Å². The first kappa shape index (κ1) is 19.3. The molecule has 6 heteroatoms. The minimum absolute atomic E-state index is 0. The summed E-state index contributed by atoms with van der Waals surface area (Å²) in [7, 11) is 0. The molecule has 1 rings (SSSR count). The van der Waals surface area contributed by atoms with E-state index < -0.39 is 5.54 Å². The van der Waals surface area contributed by atoms with Gasteiger partial charge in [0.2, 0.25) is 5.91 Å². The van der Waals surface area contributed by atoms with Crippen LogP contribution in [0.4, 0.5) is 0 Å². The van der Waals surface area contributed by atoms with Gasteiger partial charge in [-0.1, -0.05) is 6.92 Å². The van der Waals surface area contributed by atoms with E-state index in [2.05, 4.69) is 31.0 Å². The molecule has 104 valence electrons. The van der Waals surface area contributed by atoms with Crippen molar-refractivity contribution in [1.29, 1.82) is 0 Å². The highest BCUT2D eigenvalue weighted by atomic mass is 35.5. The molecule has 1 saturated carbocycles. The largest absolute Gasteiger partial charge is 0.353 e. The van der Waals surface area contributed by atoms with Crippen LogP contribution in [0.3, 0.4) is 0 Å². The van der Waals surface area contributed by atoms with Gasteiger partial charge < -0.3 is 11.1 Å². The molecule has 0 bridgehead atoms. The first-order valence-corrected chi connectivity index (χ1v) is 5.81. The van der Waals surface area contributed by atoms with Crippen LogP contribution >= 0.6 is 24.8 Å². The molecular weight excluding hydrogens is 261 g/mol. The topological polar surface area (TPSA) is 58.4 Å². The first-order valence-electron chi connectivity index (χ1n) is 5.81. The van der Waals surface area contributed by atoms with Crippen LogP contribution < -0.4 is 11.1 Å². The van der Waals surface area contributed by atoms with E-state index in [9.17, 15) is 4.79 Å². The summed E-state index contributed by atoms with van der Waals surface area (Å²) in [6.45, 7) is 9.07. The Morgan fingerprint density at radius 2 is 1.94 bits per heavy atom. The number of halogens is 2. The molecule has 0 atom stereocenters. The molecule has 3 N–H and O–H groups in total. The van der Waals surface area contributed by atoms with Crippen LogP contribution in [0.5, 0.6) is 0 Å². The van der Waals surface area contributed by atoms with E-state index in [1.807, 2.05) is 0 Å². The molecular formula is C11H25Cl2N3O. The monoisotopic (exact) mass is 285 g/mol. The predicted octanol–water partition coefficient (Wildman–Crippen LogP) is 1.17. The molecule has 0 aromatic heterocycles. The molecule has 1 fully saturated rings. The van der Waals surface area contributed by atoms with Crippen molar-refractivity contribution in [2.45, 2.75) is 45.2 Å². The zero-order chi connectivity index (χ0) is 11.5. The van der Waals surface area contributed by atoms with Crippen LogP contribution in [0.15, 0.2) is 0 Å². The number of nitrogens with zero attached hydrogens (tertiary/aromatic N) is 1. The fraction of sp³-hybridized carbons (Fsp3) is 0.909. The Labute approximate surface area is 117 Å². The summed E-state index contributed by atoms with van der Waals surface area (Å²) >= 11 is 0. The summed E-state index contributed by atoms with van der Waals surface area (Å²) in [5.41, 5.74) is 5.24. The Morgan fingerprint density at radius 1 is 1.41 bits per heavy atom. The zero-order valence-corrected chi connectivity index (χ0v) is 12.5. The molecule has 0 unspecified atom stereocenters. The van der Waals surface area contributed by atoms with Crippen molar-refractivity contribution in [1.82, 2.24) is 10.2 Å². The lowest BCUT2D eigenvalue weighted by molar-refractivity contribution is -0.123. The first-order chi connectivity index (χ1) is 6.99. The van der Waals surface area contributed by atoms with Crippen LogP contribution in [0.1, 0.15) is 33.6 Å². The van der Waals surface area contributed by atoms with E-state index in [4.69, 9.17) is 5.73 Å². The number of rotatable bonds is 6. The lowest BCUT2D eigenvalue weighted by atomic mass is 10.2. The maximum atomic E-state index is 11.5. The number of hydrogen-bond donors (Lipinski definition) is 2. The molecule has 0 heterocycles. The van der Waals surface area contributed by atoms with Gasteiger partial charge in [0.05, 0.1) is 5.54 Å². The smallest absolute Gasteiger partial charge is 0.240 e. The van der Waals surface area contributed by atoms with Crippen molar-refractivity contribution in [3.05, 3.63) is 0 Å². The maximum Gasteiger partial charge on any atom is 0.240 e. The van der Waals surface area contributed by atoms with Crippen molar-refractivity contribution in [3.8, 4) is 0 Å². The van der Waals surface area contributed by atoms with Crippen LogP contribution in [-0.2, 0) is 4.79 Å². The van der Waals surface area contributed by atoms with Crippen molar-refractivity contribution in [3.63, 3.8) is 0 Å². The number of carbonyl (C=O) groups excluding carboxylic acids is 1. The summed E-state index contributed by atoms with van der Waals surface area (Å²) in [5.74, 6) is 0.0160. The Morgan fingerprint density at radius 3 is 2.29 bits per heavy atom. The molecule has 4 nitrogen and oxygen atoms in total. The molecule has 0 spiro atoms. The third-order valence-corrected chi connectivity index (χ3v) is 3.06. The molecule has 0 saturated heterocycles. The molecule has 1 amide bonds. The van der Waals surface area contributed by atoms with Gasteiger partial charge in [-0.25, -0.2) is 0 Å². The summed E-state index contributed by atoms with van der Waals surface area (Å²) < 4.78 is 0. The number of carbonyl (C=O) groups is 1. The summed E-state index contributed by atoms with van der Waals surface area (Å²) in [5, 5.41) is 2.90. The van der Waals surface area contributed by atoms with E-state index in [1.54, 1.807) is 0 Å². The highest BCUT2D eigenvalue weighted by Gasteiger charge is 2.45. The summed E-state index contributed by atoms with van der Waals surface area (Å²) in [4.78, 5) is 13.8. The lowest BCUT2D eigenvalue weighted by Gasteiger charge is -2.25. The second-order valence-corrected chi connectivity index (χ2v) is 4.63. The second kappa shape index (κ2) is 8.14. The molecule has 0 radical (unpaired) electrons. The minimum Gasteiger partial charge on any atom is -0.353 e. The average molecular weight is 286 g/mol. The fourth-order valence-corrected chi connectivity index (χ4v) is 1.63. The van der Waals surface area contributed by atoms with Gasteiger partial charge in [-0.2, -0.15) is 0 Å². The van der Waals surface area contributed by atoms with Gasteiger partial charge in [0, 0.05) is 19.1 Å². The van der Waals surface area contributed by atoms with E-state index in [0.717, 1.165) is 25.9 Å². The van der Waals surface area contributed by atoms with E-state index >= 15 is 0 Å². The minimum atomic E-state index is -0.533. The van der Waals surface area contributed by atoms with Gasteiger partial charge in [-0.3, -0.25) is 9.69 Å². The zero-order valence-electron chi connectivity index (χ0n) is 10.9. The highest BCUT2D eigenvalue weighted by molar-refractivity contribution is 5.88. The number of hydrogen-bond acceptors (Lipinski definition) is 3. The predicted molar refractivity (Wildman–Crippen MR) is 76.0 cm³/mol. The van der Waals surface area contributed by atoms with Crippen molar-refractivity contribution >= 4 is 30.7 Å². The van der Waals surface area contributed by atoms with Gasteiger partial charge in [0.25, 0.3) is 0 Å². The maximum absolute atomic E-state index is 11.5. The van der Waals surface area contributed by atoms with Gasteiger partial charge in [0.15, 0.2) is 0 Å². The van der Waals surface area contributed by atoms with Gasteiger partial charge in [-0.05, 0) is 33.2 Å². The Kier molecular flexibility index (Phi) is 9.25. The number of nitrogens with one attached hydrogen (secondary N) is 1. The third-order valence-electron chi connectivity index (χ3n) is 3.06. The average Bonchev–Trinajstić information content (AvgIpc) is 2.91. The summed E-state index contributed by atoms with van der Waals surface area (Å²) in [6, 6.07) is 0.527. The van der Waals surface area contributed by atoms with Crippen molar-refractivity contribution in [2.75, 3.05) is 19.6 Å². The van der Waals surface area contributed by atoms with Crippen molar-refractivity contribution in [2.24, 2.45) is 5.73 Å². The van der Waals surface area contributed by atoms with Crippen molar-refractivity contribution < 1.29 is 4.79 Å². The Balaban J connectivity index is 0. The van der Waals surface area contributed by atoms with Crippen LogP contribution in [0, 0.1) is 0 Å². The quantitative estimate of drug-likeness (QED) is 0.770. The van der Waals surface area contributed by atoms with Gasteiger partial charge >= 0.3 is 0 Å². The Hall–Kier alpha value is -0.0300. The van der Waals surface area contributed by atoms with E-state index in [1.165, 1.54) is 0 Å². The molecule has 0 aromatic carbocycles. The molecule has 0 aliphatic heterocycles. The second-order valence-electron chi connectivity index (χ2n) is 4.63. The highest BCUT2D eigenvalue weighted by Crippen LogP contribution is 2.31. The number of likely N-dealkylation sites (N-methyl/N-ethyl adjacent to an activating group) is 1. The van der Waals surface area contributed by atoms with Crippen LogP contribution in [0.25, 0.3) is 0 Å². The molecule has 1 aliphatic carbocycles. The standard InChI is InChI=1S/C11H23N3O.2ClH/c1-4-14(9(2)3)8-7-13-10(15)11(12)5-6-11;;/h9H,4-8,12H2,1-3H3,(H,13,15);2*1H. The van der Waals surface area contributed by atoms with Crippen LogP contribution in [-0.4, -0.2) is 42.0 Å². The van der Waals surface area contributed by atoms with Crippen LogP contribution in [0.2, 0.25) is 0 Å². The molecule has 1 aliphatic rings. The third kappa shape index (κ3) is 5.91. The number of amides is 1. The fourth-order valence-electron chi connectivity index (χ4n) is 1.63. The van der Waals surface area contributed by atoms with E-state index in [0.29, 0.717) is 12.6 Å². The Bertz CT molecular complexity index is 233. The van der Waals surface area contributed by atoms with Gasteiger partial charge in [0.1, 0.15) is 0 Å². The molecule has 0 aromatic rings. The normalized spacial score (nSPS) is 16.1. The van der Waals surface area contributed by atoms with Gasteiger partial charge in [-0.15, -0.1) is 24.8 Å². The lowest BCUT2D eigenvalue weighted by Crippen LogP contribution is -2.46.